The summed E-state index contributed by atoms with van der Waals surface area (Å²) in [5.74, 6) is -1.16. The second-order valence-electron chi connectivity index (χ2n) is 2.84. The molecule has 1 nitrogen and oxygen atoms in total. The molecular weight excluding hydrogens is 224 g/mol. The van der Waals surface area contributed by atoms with Gasteiger partial charge in [-0.1, -0.05) is 19.9 Å². The molecule has 92 valence electrons. The molecule has 5 heteroatoms. The van der Waals surface area contributed by atoms with E-state index in [1.54, 1.807) is 6.92 Å². The van der Waals surface area contributed by atoms with Crippen molar-refractivity contribution in [3.8, 4) is 5.75 Å². The van der Waals surface area contributed by atoms with Crippen LogP contribution in [0.1, 0.15) is 19.4 Å². The Balaban J connectivity index is 0.00000106. The highest BCUT2D eigenvalue weighted by Gasteiger charge is 2.28. The maximum absolute atomic E-state index is 12.9. The summed E-state index contributed by atoms with van der Waals surface area (Å²) in [5, 5.41) is 0. The van der Waals surface area contributed by atoms with Crippen LogP contribution in [0.2, 0.25) is 0 Å². The van der Waals surface area contributed by atoms with Crippen molar-refractivity contribution in [3.63, 3.8) is 0 Å². The predicted molar refractivity (Wildman–Crippen MR) is 54.0 cm³/mol. The Morgan fingerprint density at radius 3 is 2.25 bits per heavy atom. The minimum Gasteiger partial charge on any atom is -0.481 e. The number of hydrogen-bond donors (Lipinski definition) is 0. The normalized spacial score (nSPS) is 10.4. The van der Waals surface area contributed by atoms with E-state index in [1.165, 1.54) is 12.1 Å². The summed E-state index contributed by atoms with van der Waals surface area (Å²) < 4.78 is 52.3. The van der Waals surface area contributed by atoms with Crippen LogP contribution in [0.25, 0.3) is 0 Å². The zero-order valence-corrected chi connectivity index (χ0v) is 9.36. The van der Waals surface area contributed by atoms with Crippen LogP contribution >= 0.6 is 0 Å². The molecule has 0 aliphatic heterocycles. The van der Waals surface area contributed by atoms with Gasteiger partial charge in [-0.25, -0.2) is 4.39 Å². The summed E-state index contributed by atoms with van der Waals surface area (Å²) in [4.78, 5) is 0. The van der Waals surface area contributed by atoms with E-state index in [4.69, 9.17) is 0 Å². The van der Waals surface area contributed by atoms with Crippen molar-refractivity contribution in [3.05, 3.63) is 29.6 Å². The molecule has 1 aromatic rings. The quantitative estimate of drug-likeness (QED) is 0.705. The molecule has 0 N–H and O–H groups in total. The van der Waals surface area contributed by atoms with E-state index in [9.17, 15) is 17.6 Å². The van der Waals surface area contributed by atoms with E-state index in [1.807, 2.05) is 13.8 Å². The Kier molecular flexibility index (Phi) is 5.85. The second-order valence-corrected chi connectivity index (χ2v) is 2.84. The van der Waals surface area contributed by atoms with Crippen molar-refractivity contribution < 1.29 is 22.3 Å². The highest BCUT2D eigenvalue weighted by atomic mass is 19.4. The van der Waals surface area contributed by atoms with Gasteiger partial charge in [0.05, 0.1) is 0 Å². The molecule has 0 saturated carbocycles. The highest BCUT2D eigenvalue weighted by molar-refractivity contribution is 5.29. The van der Waals surface area contributed by atoms with E-state index in [0.717, 1.165) is 6.07 Å². The number of benzene rings is 1. The van der Waals surface area contributed by atoms with Crippen LogP contribution in [-0.4, -0.2) is 12.8 Å². The largest absolute Gasteiger partial charge is 0.481 e. The van der Waals surface area contributed by atoms with Crippen LogP contribution in [-0.2, 0) is 0 Å². The molecule has 0 aliphatic rings. The number of ether oxygens (including phenoxy) is 1. The number of aryl methyl sites for hydroxylation is 1. The van der Waals surface area contributed by atoms with Crippen LogP contribution in [0, 0.1) is 12.7 Å². The van der Waals surface area contributed by atoms with Crippen molar-refractivity contribution in [1.29, 1.82) is 0 Å². The third kappa shape index (κ3) is 5.58. The second kappa shape index (κ2) is 6.35. The number of rotatable bonds is 2. The maximum atomic E-state index is 12.9. The molecule has 0 saturated heterocycles. The van der Waals surface area contributed by atoms with Gasteiger partial charge in [-0.05, 0) is 24.6 Å². The van der Waals surface area contributed by atoms with E-state index in [0.29, 0.717) is 5.56 Å². The van der Waals surface area contributed by atoms with Gasteiger partial charge in [0.15, 0.2) is 18.2 Å². The molecule has 0 amide bonds. The van der Waals surface area contributed by atoms with Crippen LogP contribution in [0.4, 0.5) is 17.6 Å². The highest BCUT2D eigenvalue weighted by Crippen LogP contribution is 2.22. The van der Waals surface area contributed by atoms with E-state index < -0.39 is 18.6 Å². The average Bonchev–Trinajstić information content (AvgIpc) is 2.21. The molecule has 0 spiro atoms. The Hall–Kier alpha value is -1.26. The molecule has 0 fully saturated rings. The molecule has 0 heterocycles. The van der Waals surface area contributed by atoms with Gasteiger partial charge in [-0.2, -0.15) is 13.2 Å². The first-order valence-corrected chi connectivity index (χ1v) is 4.84. The molecule has 0 atom stereocenters. The van der Waals surface area contributed by atoms with Gasteiger partial charge in [-0.15, -0.1) is 0 Å². The summed E-state index contributed by atoms with van der Waals surface area (Å²) in [7, 11) is 0. The van der Waals surface area contributed by atoms with Gasteiger partial charge < -0.3 is 4.74 Å². The third-order valence-electron chi connectivity index (χ3n) is 1.48. The molecule has 0 aliphatic carbocycles. The van der Waals surface area contributed by atoms with Gasteiger partial charge in [0, 0.05) is 0 Å². The molecule has 16 heavy (non-hydrogen) atoms. The van der Waals surface area contributed by atoms with Crippen LogP contribution < -0.4 is 4.74 Å². The maximum Gasteiger partial charge on any atom is 0.422 e. The fraction of sp³-hybridized carbons (Fsp3) is 0.455. The first-order chi connectivity index (χ1) is 7.38. The molecule has 1 aromatic carbocycles. The predicted octanol–water partition coefficient (Wildman–Crippen LogP) is 4.10. The molecule has 0 bridgehead atoms. The first-order valence-electron chi connectivity index (χ1n) is 4.84. The zero-order chi connectivity index (χ0) is 12.8. The minimum atomic E-state index is -4.45. The summed E-state index contributed by atoms with van der Waals surface area (Å²) in [6, 6.07) is 3.75. The molecule has 1 rings (SSSR count). The smallest absolute Gasteiger partial charge is 0.422 e. The molecular formula is C11H14F4O. The zero-order valence-electron chi connectivity index (χ0n) is 9.36. The Bertz CT molecular complexity index is 320. The Morgan fingerprint density at radius 2 is 1.75 bits per heavy atom. The van der Waals surface area contributed by atoms with E-state index in [2.05, 4.69) is 4.74 Å². The van der Waals surface area contributed by atoms with Crippen LogP contribution in [0.3, 0.4) is 0 Å². The van der Waals surface area contributed by atoms with Gasteiger partial charge >= 0.3 is 6.18 Å². The van der Waals surface area contributed by atoms with Crippen molar-refractivity contribution in [2.75, 3.05) is 6.61 Å². The lowest BCUT2D eigenvalue weighted by Gasteiger charge is -2.09. The Morgan fingerprint density at radius 1 is 1.19 bits per heavy atom. The minimum absolute atomic E-state index is 0.373. The van der Waals surface area contributed by atoms with E-state index >= 15 is 0 Å². The third-order valence-corrected chi connectivity index (χ3v) is 1.48. The number of hydrogen-bond acceptors (Lipinski definition) is 1. The van der Waals surface area contributed by atoms with Crippen molar-refractivity contribution in [1.82, 2.24) is 0 Å². The summed E-state index contributed by atoms with van der Waals surface area (Å²) in [5.41, 5.74) is 0.642. The van der Waals surface area contributed by atoms with Crippen molar-refractivity contribution in [2.45, 2.75) is 26.9 Å². The van der Waals surface area contributed by atoms with Gasteiger partial charge in [-0.3, -0.25) is 0 Å². The van der Waals surface area contributed by atoms with Gasteiger partial charge in [0.1, 0.15) is 0 Å². The summed E-state index contributed by atoms with van der Waals surface area (Å²) >= 11 is 0. The summed E-state index contributed by atoms with van der Waals surface area (Å²) in [6.07, 6.45) is -4.45. The van der Waals surface area contributed by atoms with Crippen molar-refractivity contribution in [2.24, 2.45) is 0 Å². The van der Waals surface area contributed by atoms with E-state index in [-0.39, 0.29) is 5.75 Å². The van der Waals surface area contributed by atoms with Crippen LogP contribution in [0.5, 0.6) is 5.75 Å². The summed E-state index contributed by atoms with van der Waals surface area (Å²) in [6.45, 7) is 4.16. The lowest BCUT2D eigenvalue weighted by molar-refractivity contribution is -0.153. The number of halogens is 4. The first kappa shape index (κ1) is 14.7. The van der Waals surface area contributed by atoms with Gasteiger partial charge in [0.25, 0.3) is 0 Å². The Labute approximate surface area is 92.0 Å². The average molecular weight is 238 g/mol. The van der Waals surface area contributed by atoms with Crippen molar-refractivity contribution >= 4 is 0 Å². The molecule has 0 aromatic heterocycles. The topological polar surface area (TPSA) is 9.23 Å². The monoisotopic (exact) mass is 238 g/mol. The van der Waals surface area contributed by atoms with Crippen LogP contribution in [0.15, 0.2) is 18.2 Å². The fourth-order valence-corrected chi connectivity index (χ4v) is 0.881. The fourth-order valence-electron chi connectivity index (χ4n) is 0.881. The van der Waals surface area contributed by atoms with Gasteiger partial charge in [0.2, 0.25) is 0 Å². The SMILES string of the molecule is CC.Cc1ccc(F)c(OCC(F)(F)F)c1. The molecule has 0 unspecified atom stereocenters. The standard InChI is InChI=1S/C9H8F4O.C2H6/c1-6-2-3-7(10)8(4-6)14-5-9(11,12)13;1-2/h2-4H,5H2,1H3;1-2H3. The lowest BCUT2D eigenvalue weighted by Crippen LogP contribution is -2.19. The lowest BCUT2D eigenvalue weighted by atomic mass is 10.2. The molecule has 0 radical (unpaired) electrons. The number of alkyl halides is 3.